The summed E-state index contributed by atoms with van der Waals surface area (Å²) in [5.41, 5.74) is 0.633. The second kappa shape index (κ2) is 7.59. The van der Waals surface area contributed by atoms with Gasteiger partial charge >= 0.3 is 0 Å². The van der Waals surface area contributed by atoms with Gasteiger partial charge in [0, 0.05) is 19.0 Å². The van der Waals surface area contributed by atoms with E-state index in [0.717, 1.165) is 25.9 Å². The summed E-state index contributed by atoms with van der Waals surface area (Å²) in [6.45, 7) is 3.81. The number of nitrogens with one attached hydrogen (secondary N) is 2. The Bertz CT molecular complexity index is 1030. The maximum atomic E-state index is 13.1. The molecule has 1 aromatic heterocycles. The maximum Gasteiger partial charge on any atom is 0.258 e. The average molecular weight is 393 g/mol. The highest BCUT2D eigenvalue weighted by atomic mass is 16.5. The second-order valence-electron chi connectivity index (χ2n) is 7.67. The van der Waals surface area contributed by atoms with Crippen LogP contribution in [0.2, 0.25) is 0 Å². The first-order valence-corrected chi connectivity index (χ1v) is 9.75. The van der Waals surface area contributed by atoms with Gasteiger partial charge in [0.05, 0.1) is 18.7 Å². The molecule has 29 heavy (non-hydrogen) atoms. The van der Waals surface area contributed by atoms with Crippen LogP contribution >= 0.6 is 0 Å². The SMILES string of the molecule is COc1cccc(C2c3c(nc(N4CCC(C)CC4)[nH]c3=O)NC(=O)C2C#N)c1. The van der Waals surface area contributed by atoms with E-state index in [1.165, 1.54) is 0 Å². The minimum Gasteiger partial charge on any atom is -0.497 e. The number of methoxy groups -OCH3 is 1. The summed E-state index contributed by atoms with van der Waals surface area (Å²) >= 11 is 0. The summed E-state index contributed by atoms with van der Waals surface area (Å²) in [5.74, 6) is -0.277. The fourth-order valence-corrected chi connectivity index (χ4v) is 4.06. The molecule has 1 saturated heterocycles. The van der Waals surface area contributed by atoms with E-state index in [1.807, 2.05) is 11.0 Å². The first-order valence-electron chi connectivity index (χ1n) is 9.75. The molecule has 8 nitrogen and oxygen atoms in total. The van der Waals surface area contributed by atoms with Crippen molar-refractivity contribution >= 4 is 17.7 Å². The van der Waals surface area contributed by atoms with Crippen LogP contribution in [-0.4, -0.2) is 36.1 Å². The van der Waals surface area contributed by atoms with Crippen molar-refractivity contribution in [2.24, 2.45) is 11.8 Å². The molecule has 0 spiro atoms. The second-order valence-corrected chi connectivity index (χ2v) is 7.67. The van der Waals surface area contributed by atoms with Gasteiger partial charge in [-0.05, 0) is 36.5 Å². The zero-order valence-electron chi connectivity index (χ0n) is 16.4. The quantitative estimate of drug-likeness (QED) is 0.827. The molecule has 2 N–H and O–H groups in total. The molecular formula is C21H23N5O3. The summed E-state index contributed by atoms with van der Waals surface area (Å²) in [4.78, 5) is 35.2. The fourth-order valence-electron chi connectivity index (χ4n) is 4.06. The number of rotatable bonds is 3. The number of nitriles is 1. The number of amides is 1. The van der Waals surface area contributed by atoms with E-state index in [4.69, 9.17) is 4.74 Å². The Hall–Kier alpha value is -3.34. The molecule has 0 bridgehead atoms. The van der Waals surface area contributed by atoms with E-state index in [-0.39, 0.29) is 11.4 Å². The van der Waals surface area contributed by atoms with Crippen LogP contribution in [0.3, 0.4) is 0 Å². The Labute approximate surface area is 168 Å². The van der Waals surface area contributed by atoms with Gasteiger partial charge in [-0.2, -0.15) is 10.2 Å². The van der Waals surface area contributed by atoms with Gasteiger partial charge in [0.2, 0.25) is 11.9 Å². The lowest BCUT2D eigenvalue weighted by atomic mass is 9.79. The highest BCUT2D eigenvalue weighted by molar-refractivity contribution is 5.98. The first kappa shape index (κ1) is 19.0. The number of carbonyl (C=O) groups is 1. The molecule has 1 amide bonds. The molecule has 2 aromatic rings. The van der Waals surface area contributed by atoms with Crippen molar-refractivity contribution in [1.29, 1.82) is 5.26 Å². The van der Waals surface area contributed by atoms with Crippen LogP contribution in [-0.2, 0) is 4.79 Å². The summed E-state index contributed by atoms with van der Waals surface area (Å²) < 4.78 is 5.27. The Balaban J connectivity index is 1.81. The van der Waals surface area contributed by atoms with Crippen LogP contribution in [0.1, 0.15) is 36.8 Å². The number of benzene rings is 1. The van der Waals surface area contributed by atoms with Gasteiger partial charge < -0.3 is 15.0 Å². The number of hydrogen-bond donors (Lipinski definition) is 2. The van der Waals surface area contributed by atoms with Crippen molar-refractivity contribution in [2.45, 2.75) is 25.7 Å². The van der Waals surface area contributed by atoms with Crippen LogP contribution in [0.4, 0.5) is 11.8 Å². The number of H-pyrrole nitrogens is 1. The van der Waals surface area contributed by atoms with Crippen LogP contribution in [0.25, 0.3) is 0 Å². The summed E-state index contributed by atoms with van der Waals surface area (Å²) in [7, 11) is 1.54. The molecule has 2 unspecified atom stereocenters. The van der Waals surface area contributed by atoms with E-state index in [0.29, 0.717) is 28.7 Å². The van der Waals surface area contributed by atoms with E-state index < -0.39 is 17.7 Å². The standard InChI is InChI=1S/C21H23N5O3/c1-12-6-8-26(9-7-12)21-24-18-17(20(28)25-21)16(15(11-22)19(27)23-18)13-4-3-5-14(10-13)29-2/h3-5,10,12,15-16H,6-9H2,1-2H3,(H2,23,24,25,27,28). The van der Waals surface area contributed by atoms with E-state index in [2.05, 4.69) is 22.2 Å². The van der Waals surface area contributed by atoms with Crippen molar-refractivity contribution in [3.8, 4) is 11.8 Å². The number of fused-ring (bicyclic) bond motifs is 1. The maximum absolute atomic E-state index is 13.1. The average Bonchev–Trinajstić information content (AvgIpc) is 2.73. The summed E-state index contributed by atoms with van der Waals surface area (Å²) in [6.07, 6.45) is 2.05. The lowest BCUT2D eigenvalue weighted by Crippen LogP contribution is -2.40. The third-order valence-corrected chi connectivity index (χ3v) is 5.79. The first-order chi connectivity index (χ1) is 14.0. The fraction of sp³-hybridized carbons (Fsp3) is 0.429. The normalized spacial score (nSPS) is 21.8. The highest BCUT2D eigenvalue weighted by Gasteiger charge is 2.40. The number of aromatic amines is 1. The van der Waals surface area contributed by atoms with Crippen molar-refractivity contribution < 1.29 is 9.53 Å². The zero-order valence-corrected chi connectivity index (χ0v) is 16.4. The highest BCUT2D eigenvalue weighted by Crippen LogP contribution is 2.39. The Morgan fingerprint density at radius 2 is 2.03 bits per heavy atom. The number of carbonyl (C=O) groups excluding carboxylic acids is 1. The molecule has 3 heterocycles. The Morgan fingerprint density at radius 1 is 1.28 bits per heavy atom. The zero-order chi connectivity index (χ0) is 20.5. The van der Waals surface area contributed by atoms with Gasteiger partial charge in [-0.1, -0.05) is 19.1 Å². The molecule has 2 aliphatic heterocycles. The van der Waals surface area contributed by atoms with Crippen LogP contribution in [0, 0.1) is 23.2 Å². The Kier molecular flexibility index (Phi) is 4.97. The molecule has 4 rings (SSSR count). The largest absolute Gasteiger partial charge is 0.497 e. The van der Waals surface area contributed by atoms with Gasteiger partial charge in [-0.15, -0.1) is 0 Å². The third kappa shape index (κ3) is 3.44. The molecule has 2 atom stereocenters. The Morgan fingerprint density at radius 3 is 2.72 bits per heavy atom. The van der Waals surface area contributed by atoms with Gasteiger partial charge in [-0.3, -0.25) is 14.6 Å². The molecule has 0 radical (unpaired) electrons. The molecule has 2 aliphatic rings. The molecule has 0 aliphatic carbocycles. The number of nitrogens with zero attached hydrogens (tertiary/aromatic N) is 3. The van der Waals surface area contributed by atoms with Crippen molar-refractivity contribution in [3.63, 3.8) is 0 Å². The smallest absolute Gasteiger partial charge is 0.258 e. The minimum absolute atomic E-state index is 0.228. The summed E-state index contributed by atoms with van der Waals surface area (Å²) in [6, 6.07) is 9.14. The van der Waals surface area contributed by atoms with Gasteiger partial charge in [0.1, 0.15) is 17.5 Å². The van der Waals surface area contributed by atoms with Gasteiger partial charge in [0.25, 0.3) is 5.56 Å². The predicted octanol–water partition coefficient (Wildman–Crippen LogP) is 2.24. The predicted molar refractivity (Wildman–Crippen MR) is 108 cm³/mol. The number of piperidine rings is 1. The van der Waals surface area contributed by atoms with Crippen LogP contribution in [0.15, 0.2) is 29.1 Å². The molecule has 0 saturated carbocycles. The van der Waals surface area contributed by atoms with Crippen LogP contribution in [0.5, 0.6) is 5.75 Å². The molecular weight excluding hydrogens is 370 g/mol. The third-order valence-electron chi connectivity index (χ3n) is 5.79. The van der Waals surface area contributed by atoms with Crippen molar-refractivity contribution in [2.75, 3.05) is 30.4 Å². The minimum atomic E-state index is -1.03. The lowest BCUT2D eigenvalue weighted by molar-refractivity contribution is -0.119. The van der Waals surface area contributed by atoms with Crippen LogP contribution < -0.4 is 20.5 Å². The lowest BCUT2D eigenvalue weighted by Gasteiger charge is -2.33. The van der Waals surface area contributed by atoms with Crippen molar-refractivity contribution in [3.05, 3.63) is 45.7 Å². The molecule has 8 heteroatoms. The molecule has 1 fully saturated rings. The van der Waals surface area contributed by atoms with Gasteiger partial charge in [0.15, 0.2) is 0 Å². The van der Waals surface area contributed by atoms with E-state index in [9.17, 15) is 14.9 Å². The monoisotopic (exact) mass is 393 g/mol. The molecule has 1 aromatic carbocycles. The van der Waals surface area contributed by atoms with E-state index >= 15 is 0 Å². The van der Waals surface area contributed by atoms with Crippen molar-refractivity contribution in [1.82, 2.24) is 9.97 Å². The van der Waals surface area contributed by atoms with E-state index in [1.54, 1.807) is 31.4 Å². The molecule has 150 valence electrons. The number of anilines is 2. The number of hydrogen-bond acceptors (Lipinski definition) is 6. The summed E-state index contributed by atoms with van der Waals surface area (Å²) in [5, 5.41) is 12.3. The topological polar surface area (TPSA) is 111 Å². The number of aromatic nitrogens is 2. The van der Waals surface area contributed by atoms with Gasteiger partial charge in [-0.25, -0.2) is 0 Å². The number of ether oxygens (including phenoxy) is 1.